The molecule has 2 rings (SSSR count). The largest absolute Gasteiger partial charge is 0.504 e. The van der Waals surface area contributed by atoms with Crippen LogP contribution in [0.5, 0.6) is 11.5 Å². The molecule has 0 aliphatic heterocycles. The summed E-state index contributed by atoms with van der Waals surface area (Å²) in [5.74, 6) is 0.177. The Labute approximate surface area is 157 Å². The fourth-order valence-electron chi connectivity index (χ4n) is 2.68. The van der Waals surface area contributed by atoms with Crippen molar-refractivity contribution in [1.29, 1.82) is 0 Å². The number of aromatic nitrogens is 1. The van der Waals surface area contributed by atoms with Crippen LogP contribution in [0.1, 0.15) is 34.6 Å². The fourth-order valence-corrected chi connectivity index (χ4v) is 2.68. The molecule has 0 spiro atoms. The third kappa shape index (κ3) is 5.72. The van der Waals surface area contributed by atoms with Gasteiger partial charge in [-0.2, -0.15) is 0 Å². The van der Waals surface area contributed by atoms with Crippen LogP contribution in [-0.4, -0.2) is 40.6 Å². The number of hydrogen-bond acceptors (Lipinski definition) is 5. The lowest BCUT2D eigenvalue weighted by atomic mass is 10.2. The number of methoxy groups -OCH3 is 1. The highest BCUT2D eigenvalue weighted by Crippen LogP contribution is 2.26. The predicted octanol–water partition coefficient (Wildman–Crippen LogP) is 2.12. The second-order valence-electron chi connectivity index (χ2n) is 5.94. The Morgan fingerprint density at radius 2 is 2.07 bits per heavy atom. The van der Waals surface area contributed by atoms with E-state index >= 15 is 0 Å². The van der Waals surface area contributed by atoms with Crippen LogP contribution < -0.4 is 10.1 Å². The van der Waals surface area contributed by atoms with E-state index in [2.05, 4.69) is 5.32 Å². The Morgan fingerprint density at radius 3 is 2.78 bits per heavy atom. The summed E-state index contributed by atoms with van der Waals surface area (Å²) < 4.78 is 6.81. The maximum Gasteiger partial charge on any atom is 0.243 e. The number of benzene rings is 1. The lowest BCUT2D eigenvalue weighted by Gasteiger charge is -2.09. The number of amides is 1. The van der Waals surface area contributed by atoms with Crippen molar-refractivity contribution in [1.82, 2.24) is 9.88 Å². The summed E-state index contributed by atoms with van der Waals surface area (Å²) in [6.45, 7) is 1.00. The minimum absolute atomic E-state index is 0.0453. The van der Waals surface area contributed by atoms with Gasteiger partial charge in [0.1, 0.15) is 0 Å². The zero-order chi connectivity index (χ0) is 19.6. The molecule has 1 amide bonds. The Morgan fingerprint density at radius 1 is 1.26 bits per heavy atom. The third-order valence-electron chi connectivity index (χ3n) is 4.13. The minimum atomic E-state index is -0.215. The van der Waals surface area contributed by atoms with Gasteiger partial charge in [-0.15, -0.1) is 0 Å². The topological polar surface area (TPSA) is 101 Å². The van der Waals surface area contributed by atoms with E-state index in [1.165, 1.54) is 19.3 Å². The summed E-state index contributed by atoms with van der Waals surface area (Å²) in [5, 5.41) is 21.6. The fraction of sp³-hybridized carbons (Fsp3) is 0.300. The number of rotatable bonds is 10. The Bertz CT molecular complexity index is 811. The van der Waals surface area contributed by atoms with E-state index in [0.717, 1.165) is 24.7 Å². The third-order valence-corrected chi connectivity index (χ3v) is 4.13. The van der Waals surface area contributed by atoms with Gasteiger partial charge < -0.3 is 24.8 Å². The molecule has 3 N–H and O–H groups in total. The van der Waals surface area contributed by atoms with Crippen LogP contribution in [0.2, 0.25) is 0 Å². The van der Waals surface area contributed by atoms with Gasteiger partial charge in [0.25, 0.3) is 0 Å². The molecule has 1 heterocycles. The summed E-state index contributed by atoms with van der Waals surface area (Å²) in [6, 6.07) is 8.24. The van der Waals surface area contributed by atoms with Crippen LogP contribution in [0, 0.1) is 0 Å². The summed E-state index contributed by atoms with van der Waals surface area (Å²) in [4.78, 5) is 22.9. The number of aldehydes is 1. The molecule has 0 atom stereocenters. The minimum Gasteiger partial charge on any atom is -0.504 e. The van der Waals surface area contributed by atoms with Gasteiger partial charge in [0, 0.05) is 24.9 Å². The zero-order valence-corrected chi connectivity index (χ0v) is 15.2. The van der Waals surface area contributed by atoms with Crippen molar-refractivity contribution in [3.05, 3.63) is 53.4 Å². The molecule has 27 heavy (non-hydrogen) atoms. The maximum atomic E-state index is 11.9. The number of carbonyl (C=O) groups is 2. The number of aliphatic hydroxyl groups excluding tert-OH is 1. The summed E-state index contributed by atoms with van der Waals surface area (Å²) >= 11 is 0. The van der Waals surface area contributed by atoms with Crippen molar-refractivity contribution < 1.29 is 24.5 Å². The molecule has 2 aromatic rings. The molecule has 1 aromatic carbocycles. The molecule has 0 aliphatic rings. The first-order valence-corrected chi connectivity index (χ1v) is 8.66. The van der Waals surface area contributed by atoms with Gasteiger partial charge in [0.15, 0.2) is 17.8 Å². The Hall–Kier alpha value is -3.06. The molecule has 1 aromatic heterocycles. The van der Waals surface area contributed by atoms with Gasteiger partial charge in [-0.1, -0.05) is 6.07 Å². The van der Waals surface area contributed by atoms with Crippen molar-refractivity contribution in [2.24, 2.45) is 0 Å². The number of phenolic OH excluding ortho intramolecular Hbond substituents is 1. The van der Waals surface area contributed by atoms with Crippen LogP contribution in [0.3, 0.4) is 0 Å². The van der Waals surface area contributed by atoms with E-state index in [0.29, 0.717) is 30.2 Å². The molecule has 0 saturated carbocycles. The molecule has 0 fully saturated rings. The van der Waals surface area contributed by atoms with Crippen LogP contribution in [-0.2, 0) is 17.9 Å². The first kappa shape index (κ1) is 20.3. The van der Waals surface area contributed by atoms with E-state index in [4.69, 9.17) is 4.74 Å². The zero-order valence-electron chi connectivity index (χ0n) is 15.2. The van der Waals surface area contributed by atoms with Crippen molar-refractivity contribution in [3.63, 3.8) is 0 Å². The summed E-state index contributed by atoms with van der Waals surface area (Å²) in [6.07, 6.45) is 5.34. The number of hydrogen-bond donors (Lipinski definition) is 3. The van der Waals surface area contributed by atoms with E-state index in [1.807, 2.05) is 0 Å². The number of carbonyl (C=O) groups excluding carboxylic acids is 2. The number of aliphatic hydroxyl groups is 1. The molecule has 144 valence electrons. The monoisotopic (exact) mass is 372 g/mol. The summed E-state index contributed by atoms with van der Waals surface area (Å²) in [5.41, 5.74) is 1.98. The SMILES string of the molecule is COc1cc(C=CC(=O)NCCCCn2c(C=O)ccc2CO)ccc1O. The quantitative estimate of drug-likeness (QED) is 0.337. The standard InChI is InChI=1S/C20H24N2O5/c1-27-19-12-15(4-8-18(19)25)5-9-20(26)21-10-2-3-11-22-16(13-23)6-7-17(22)14-24/h4-9,12-13,24-25H,2-3,10-11,14H2,1H3,(H,21,26). The molecule has 0 aliphatic carbocycles. The predicted molar refractivity (Wildman–Crippen MR) is 102 cm³/mol. The van der Waals surface area contributed by atoms with E-state index in [1.54, 1.807) is 34.9 Å². The molecule has 7 heteroatoms. The summed E-state index contributed by atoms with van der Waals surface area (Å²) in [7, 11) is 1.46. The molecular formula is C20H24N2O5. The lowest BCUT2D eigenvalue weighted by Crippen LogP contribution is -2.22. The van der Waals surface area contributed by atoms with Crippen molar-refractivity contribution in [3.8, 4) is 11.5 Å². The lowest BCUT2D eigenvalue weighted by molar-refractivity contribution is -0.116. The highest BCUT2D eigenvalue weighted by Gasteiger charge is 2.06. The number of nitrogens with one attached hydrogen (secondary N) is 1. The Balaban J connectivity index is 1.75. The van der Waals surface area contributed by atoms with Gasteiger partial charge in [0.05, 0.1) is 19.4 Å². The van der Waals surface area contributed by atoms with Crippen molar-refractivity contribution >= 4 is 18.3 Å². The normalized spacial score (nSPS) is 10.9. The molecule has 0 saturated heterocycles. The smallest absolute Gasteiger partial charge is 0.243 e. The van der Waals surface area contributed by atoms with Crippen molar-refractivity contribution in [2.45, 2.75) is 26.0 Å². The van der Waals surface area contributed by atoms with Gasteiger partial charge in [-0.25, -0.2) is 0 Å². The van der Waals surface area contributed by atoms with E-state index < -0.39 is 0 Å². The van der Waals surface area contributed by atoms with Crippen LogP contribution in [0.15, 0.2) is 36.4 Å². The number of aromatic hydroxyl groups is 1. The molecular weight excluding hydrogens is 348 g/mol. The van der Waals surface area contributed by atoms with Gasteiger partial charge in [-0.05, 0) is 48.7 Å². The van der Waals surface area contributed by atoms with Crippen LogP contribution in [0.4, 0.5) is 0 Å². The molecule has 0 radical (unpaired) electrons. The average Bonchev–Trinajstić information content (AvgIpc) is 3.09. The van der Waals surface area contributed by atoms with Gasteiger partial charge in [0.2, 0.25) is 5.91 Å². The molecule has 0 bridgehead atoms. The number of ether oxygens (including phenoxy) is 1. The van der Waals surface area contributed by atoms with Crippen molar-refractivity contribution in [2.75, 3.05) is 13.7 Å². The number of unbranched alkanes of at least 4 members (excludes halogenated alkanes) is 1. The second kappa shape index (κ2) is 10.2. The van der Waals surface area contributed by atoms with Crippen LogP contribution in [0.25, 0.3) is 6.08 Å². The molecule has 0 unspecified atom stereocenters. The maximum absolute atomic E-state index is 11.9. The van der Waals surface area contributed by atoms with E-state index in [-0.39, 0.29) is 18.3 Å². The van der Waals surface area contributed by atoms with Crippen LogP contribution >= 0.6 is 0 Å². The first-order valence-electron chi connectivity index (χ1n) is 8.66. The number of nitrogens with zero attached hydrogens (tertiary/aromatic N) is 1. The number of phenols is 1. The Kier molecular flexibility index (Phi) is 7.63. The highest BCUT2D eigenvalue weighted by molar-refractivity contribution is 5.91. The average molecular weight is 372 g/mol. The van der Waals surface area contributed by atoms with E-state index in [9.17, 15) is 19.8 Å². The second-order valence-corrected chi connectivity index (χ2v) is 5.94. The van der Waals surface area contributed by atoms with Gasteiger partial charge in [-0.3, -0.25) is 9.59 Å². The highest BCUT2D eigenvalue weighted by atomic mass is 16.5. The van der Waals surface area contributed by atoms with Gasteiger partial charge >= 0.3 is 0 Å². The first-order chi connectivity index (χ1) is 13.1. The molecule has 7 nitrogen and oxygen atoms in total.